The molecule has 0 radical (unpaired) electrons. The van der Waals surface area contributed by atoms with Gasteiger partial charge in [0.15, 0.2) is 5.78 Å². The highest BCUT2D eigenvalue weighted by molar-refractivity contribution is 7.16. The molecule has 0 fully saturated rings. The summed E-state index contributed by atoms with van der Waals surface area (Å²) in [5.74, 6) is 0.121. The third-order valence-corrected chi connectivity index (χ3v) is 3.17. The van der Waals surface area contributed by atoms with Crippen molar-refractivity contribution in [3.05, 3.63) is 20.8 Å². The highest BCUT2D eigenvalue weighted by Crippen LogP contribution is 2.38. The first-order valence-corrected chi connectivity index (χ1v) is 4.46. The largest absolute Gasteiger partial charge is 0.323 e. The van der Waals surface area contributed by atoms with Gasteiger partial charge in [0, 0.05) is 22.9 Å². The fourth-order valence-electron chi connectivity index (χ4n) is 1.27. The summed E-state index contributed by atoms with van der Waals surface area (Å²) in [6.07, 6.45) is 0.443. The molecule has 2 N–H and O–H groups in total. The SMILES string of the molecule is Cl.NC1CC(=O)c2cc(Cl)sc21. The van der Waals surface area contributed by atoms with E-state index >= 15 is 0 Å². The van der Waals surface area contributed by atoms with Gasteiger partial charge in [0.1, 0.15) is 0 Å². The first kappa shape index (κ1) is 9.99. The van der Waals surface area contributed by atoms with Crippen LogP contribution >= 0.6 is 35.3 Å². The van der Waals surface area contributed by atoms with Gasteiger partial charge < -0.3 is 5.73 Å². The molecule has 0 aromatic carbocycles. The summed E-state index contributed by atoms with van der Waals surface area (Å²) < 4.78 is 0.651. The number of halogens is 2. The first-order chi connectivity index (χ1) is 5.18. The monoisotopic (exact) mass is 223 g/mol. The van der Waals surface area contributed by atoms with Gasteiger partial charge in [0.25, 0.3) is 0 Å². The van der Waals surface area contributed by atoms with Gasteiger partial charge in [-0.15, -0.1) is 23.7 Å². The molecule has 1 aliphatic rings. The molecule has 0 saturated carbocycles. The molecule has 0 aliphatic heterocycles. The molecule has 0 saturated heterocycles. The van der Waals surface area contributed by atoms with Crippen molar-refractivity contribution in [1.82, 2.24) is 0 Å². The Hall–Kier alpha value is -0.0900. The zero-order valence-electron chi connectivity index (χ0n) is 6.04. The van der Waals surface area contributed by atoms with E-state index in [4.69, 9.17) is 17.3 Å². The van der Waals surface area contributed by atoms with Gasteiger partial charge in [0.05, 0.1) is 4.34 Å². The van der Waals surface area contributed by atoms with Gasteiger partial charge in [-0.05, 0) is 6.07 Å². The summed E-state index contributed by atoms with van der Waals surface area (Å²) >= 11 is 7.13. The number of ketones is 1. The van der Waals surface area contributed by atoms with Crippen molar-refractivity contribution in [2.45, 2.75) is 12.5 Å². The van der Waals surface area contributed by atoms with Gasteiger partial charge in [-0.25, -0.2) is 0 Å². The summed E-state index contributed by atoms with van der Waals surface area (Å²) in [5, 5.41) is 0. The number of nitrogens with two attached hydrogens (primary N) is 1. The van der Waals surface area contributed by atoms with Crippen LogP contribution in [0.25, 0.3) is 0 Å². The third-order valence-electron chi connectivity index (χ3n) is 1.77. The van der Waals surface area contributed by atoms with E-state index in [9.17, 15) is 4.79 Å². The van der Waals surface area contributed by atoms with E-state index in [2.05, 4.69) is 0 Å². The Labute approximate surface area is 85.1 Å². The Morgan fingerprint density at radius 2 is 2.33 bits per heavy atom. The Balaban J connectivity index is 0.000000720. The van der Waals surface area contributed by atoms with Gasteiger partial charge in [-0.1, -0.05) is 11.6 Å². The Morgan fingerprint density at radius 1 is 1.67 bits per heavy atom. The molecule has 0 bridgehead atoms. The van der Waals surface area contributed by atoms with E-state index < -0.39 is 0 Å². The number of rotatable bonds is 0. The number of thiophene rings is 1. The smallest absolute Gasteiger partial charge is 0.166 e. The molecule has 5 heteroatoms. The molecule has 1 atom stereocenters. The normalized spacial score (nSPS) is 20.5. The quantitative estimate of drug-likeness (QED) is 0.735. The third kappa shape index (κ3) is 1.38. The maximum Gasteiger partial charge on any atom is 0.166 e. The molecule has 1 aromatic heterocycles. The lowest BCUT2D eigenvalue weighted by atomic mass is 10.2. The summed E-state index contributed by atoms with van der Waals surface area (Å²) in [5.41, 5.74) is 6.41. The highest BCUT2D eigenvalue weighted by atomic mass is 35.5. The topological polar surface area (TPSA) is 43.1 Å². The fraction of sp³-hybridized carbons (Fsp3) is 0.286. The maximum atomic E-state index is 11.2. The molecule has 2 rings (SSSR count). The molecule has 1 aliphatic carbocycles. The zero-order chi connectivity index (χ0) is 8.01. The predicted molar refractivity (Wildman–Crippen MR) is 52.5 cm³/mol. The molecule has 1 unspecified atom stereocenters. The van der Waals surface area contributed by atoms with E-state index in [1.165, 1.54) is 11.3 Å². The Morgan fingerprint density at radius 3 is 2.92 bits per heavy atom. The molecule has 1 aromatic rings. The maximum absolute atomic E-state index is 11.2. The number of carbonyl (C=O) groups is 1. The number of hydrogen-bond acceptors (Lipinski definition) is 3. The number of fused-ring (bicyclic) bond motifs is 1. The van der Waals surface area contributed by atoms with Crippen molar-refractivity contribution in [3.63, 3.8) is 0 Å². The lowest BCUT2D eigenvalue weighted by Gasteiger charge is -1.95. The summed E-state index contributed by atoms with van der Waals surface area (Å²) in [6.45, 7) is 0. The second-order valence-electron chi connectivity index (χ2n) is 2.56. The molecule has 1 heterocycles. The minimum atomic E-state index is -0.116. The first-order valence-electron chi connectivity index (χ1n) is 3.26. The van der Waals surface area contributed by atoms with Crippen LogP contribution in [0.3, 0.4) is 0 Å². The lowest BCUT2D eigenvalue weighted by molar-refractivity contribution is 0.0989. The average Bonchev–Trinajstić information content (AvgIpc) is 2.38. The van der Waals surface area contributed by atoms with Crippen molar-refractivity contribution < 1.29 is 4.79 Å². The second kappa shape index (κ2) is 3.34. The summed E-state index contributed by atoms with van der Waals surface area (Å²) in [7, 11) is 0. The molecule has 12 heavy (non-hydrogen) atoms. The minimum absolute atomic E-state index is 0. The average molecular weight is 224 g/mol. The van der Waals surface area contributed by atoms with Crippen LogP contribution in [0.1, 0.15) is 27.7 Å². The minimum Gasteiger partial charge on any atom is -0.323 e. The second-order valence-corrected chi connectivity index (χ2v) is 4.28. The van der Waals surface area contributed by atoms with Gasteiger partial charge in [-0.3, -0.25) is 4.79 Å². The molecular formula is C7H7Cl2NOS. The van der Waals surface area contributed by atoms with Crippen LogP contribution in [-0.2, 0) is 0 Å². The van der Waals surface area contributed by atoms with Crippen molar-refractivity contribution >= 4 is 41.1 Å². The van der Waals surface area contributed by atoms with Gasteiger partial charge in [-0.2, -0.15) is 0 Å². The van der Waals surface area contributed by atoms with Crippen LogP contribution in [0.15, 0.2) is 6.07 Å². The van der Waals surface area contributed by atoms with Crippen molar-refractivity contribution in [3.8, 4) is 0 Å². The van der Waals surface area contributed by atoms with E-state index in [1.54, 1.807) is 6.07 Å². The van der Waals surface area contributed by atoms with E-state index in [0.29, 0.717) is 10.8 Å². The van der Waals surface area contributed by atoms with Crippen LogP contribution in [0, 0.1) is 0 Å². The number of carbonyl (C=O) groups excluding carboxylic acids is 1. The van der Waals surface area contributed by atoms with E-state index in [0.717, 1.165) is 10.4 Å². The van der Waals surface area contributed by atoms with Crippen LogP contribution in [0.5, 0.6) is 0 Å². The van der Waals surface area contributed by atoms with Crippen LogP contribution in [-0.4, -0.2) is 5.78 Å². The molecule has 2 nitrogen and oxygen atoms in total. The number of Topliss-reactive ketones (excluding diaryl/α,β-unsaturated/α-hetero) is 1. The lowest BCUT2D eigenvalue weighted by Crippen LogP contribution is -2.04. The number of hydrogen-bond donors (Lipinski definition) is 1. The standard InChI is InChI=1S/C7H6ClNOS.ClH/c8-6-1-3-5(10)2-4(9)7(3)11-6;/h1,4H,2,9H2;1H. The van der Waals surface area contributed by atoms with Gasteiger partial charge >= 0.3 is 0 Å². The van der Waals surface area contributed by atoms with Crippen molar-refractivity contribution in [1.29, 1.82) is 0 Å². The van der Waals surface area contributed by atoms with E-state index in [-0.39, 0.29) is 24.2 Å². The summed E-state index contributed by atoms with van der Waals surface area (Å²) in [4.78, 5) is 12.1. The van der Waals surface area contributed by atoms with Crippen LogP contribution in [0.2, 0.25) is 4.34 Å². The Bertz CT molecular complexity index is 323. The highest BCUT2D eigenvalue weighted by Gasteiger charge is 2.28. The predicted octanol–water partition coefficient (Wildman–Crippen LogP) is 2.41. The molecular weight excluding hydrogens is 217 g/mol. The van der Waals surface area contributed by atoms with Gasteiger partial charge in [0.2, 0.25) is 0 Å². The van der Waals surface area contributed by atoms with Crippen LogP contribution in [0.4, 0.5) is 0 Å². The molecule has 0 spiro atoms. The Kier molecular flexibility index (Phi) is 2.78. The van der Waals surface area contributed by atoms with E-state index in [1.807, 2.05) is 0 Å². The van der Waals surface area contributed by atoms with Crippen LogP contribution < -0.4 is 5.73 Å². The molecule has 66 valence electrons. The zero-order valence-corrected chi connectivity index (χ0v) is 8.43. The van der Waals surface area contributed by atoms with Crippen molar-refractivity contribution in [2.75, 3.05) is 0 Å². The summed E-state index contributed by atoms with van der Waals surface area (Å²) in [6, 6.07) is 1.59. The van der Waals surface area contributed by atoms with Crippen molar-refractivity contribution in [2.24, 2.45) is 5.73 Å². The molecule has 0 amide bonds. The fourth-order valence-corrected chi connectivity index (χ4v) is 2.53.